The van der Waals surface area contributed by atoms with Crippen molar-refractivity contribution < 1.29 is 0 Å². The van der Waals surface area contributed by atoms with Crippen molar-refractivity contribution in [3.63, 3.8) is 0 Å². The maximum atomic E-state index is 5.17. The monoisotopic (exact) mass is 94.0 g/mol. The summed E-state index contributed by atoms with van der Waals surface area (Å²) in [6.07, 6.45) is 2.49. The summed E-state index contributed by atoms with van der Waals surface area (Å²) in [5.74, 6) is 0. The first-order chi connectivity index (χ1) is 2.77. The minimum atomic E-state index is -0.719. The second kappa shape index (κ2) is 3.36. The molecule has 0 aromatic rings. The van der Waals surface area contributed by atoms with Crippen LogP contribution in [0.15, 0.2) is 12.7 Å². The van der Waals surface area contributed by atoms with Crippen molar-refractivity contribution in [2.45, 2.75) is 0 Å². The summed E-state index contributed by atoms with van der Waals surface area (Å²) in [6.45, 7) is 3.46. The molecule has 0 nitrogen and oxygen atoms in total. The summed E-state index contributed by atoms with van der Waals surface area (Å²) >= 11 is 0. The fourth-order valence-electron chi connectivity index (χ4n) is 0.149. The molecule has 1 unspecified atom stereocenters. The number of allylic oxidation sites excluding steroid dienone is 1. The van der Waals surface area contributed by atoms with Crippen LogP contribution in [-0.2, 0) is 0 Å². The normalized spacial score (nSPS) is 10.7. The molecule has 0 saturated heterocycles. The van der Waals surface area contributed by atoms with E-state index in [0.29, 0.717) is 0 Å². The van der Waals surface area contributed by atoms with E-state index >= 15 is 0 Å². The van der Waals surface area contributed by atoms with Crippen LogP contribution < -0.4 is 0 Å². The Morgan fingerprint density at radius 1 is 1.83 bits per heavy atom. The van der Waals surface area contributed by atoms with E-state index in [4.69, 9.17) is 14.6 Å². The molecule has 0 saturated carbocycles. The molecule has 1 atom stereocenters. The van der Waals surface area contributed by atoms with Gasteiger partial charge in [-0.15, -0.1) is 0 Å². The van der Waals surface area contributed by atoms with E-state index in [1.807, 2.05) is 0 Å². The Morgan fingerprint density at radius 2 is 2.33 bits per heavy atom. The van der Waals surface area contributed by atoms with Crippen LogP contribution in [0.5, 0.6) is 0 Å². The number of rotatable bonds is 1. The molecule has 0 spiro atoms. The van der Waals surface area contributed by atoms with Gasteiger partial charge in [0.1, 0.15) is 0 Å². The predicted octanol–water partition coefficient (Wildman–Crippen LogP) is 0.821. The van der Waals surface area contributed by atoms with Gasteiger partial charge in [0.2, 0.25) is 0 Å². The molecule has 6 heavy (non-hydrogen) atoms. The van der Waals surface area contributed by atoms with Crippen molar-refractivity contribution in [2.75, 3.05) is 6.16 Å². The van der Waals surface area contributed by atoms with Crippen LogP contribution >= 0.6 is 7.12 Å². The van der Waals surface area contributed by atoms with Gasteiger partial charge >= 0.3 is 40.5 Å². The molecule has 0 heterocycles. The summed E-state index contributed by atoms with van der Waals surface area (Å²) in [5, 5.41) is 0. The van der Waals surface area contributed by atoms with Crippen molar-refractivity contribution in [3.05, 3.63) is 12.7 Å². The van der Waals surface area contributed by atoms with Gasteiger partial charge in [-0.25, -0.2) is 0 Å². The molecule has 3 heteroatoms. The summed E-state index contributed by atoms with van der Waals surface area (Å²) in [6, 6.07) is 0. The first-order valence-electron chi connectivity index (χ1n) is 1.65. The SMILES string of the molecule is [B]P(#B)CC=C. The Labute approximate surface area is 41.4 Å². The average Bonchev–Trinajstić information content (AvgIpc) is 1.35. The molecule has 0 amide bonds. The van der Waals surface area contributed by atoms with Crippen molar-refractivity contribution >= 4 is 21.7 Å². The predicted molar refractivity (Wildman–Crippen MR) is 33.5 cm³/mol. The van der Waals surface area contributed by atoms with E-state index in [1.165, 1.54) is 0 Å². The molecule has 2 radical (unpaired) electrons. The number of hydrogen-bond acceptors (Lipinski definition) is 0. The fraction of sp³-hybridized carbons (Fsp3) is 0.333. The molecule has 0 fully saturated rings. The van der Waals surface area contributed by atoms with Gasteiger partial charge in [-0.1, -0.05) is 0 Å². The fourth-order valence-corrected chi connectivity index (χ4v) is 0.447. The van der Waals surface area contributed by atoms with E-state index < -0.39 is 7.12 Å². The van der Waals surface area contributed by atoms with Crippen molar-refractivity contribution in [1.29, 1.82) is 0 Å². The third-order valence-electron chi connectivity index (χ3n) is 0.340. The molecule has 0 rings (SSSR count). The maximum absolute atomic E-state index is 5.17. The van der Waals surface area contributed by atoms with Crippen LogP contribution in [-0.4, -0.2) is 20.7 Å². The van der Waals surface area contributed by atoms with Crippen molar-refractivity contribution in [1.82, 2.24) is 0 Å². The van der Waals surface area contributed by atoms with Crippen molar-refractivity contribution in [2.24, 2.45) is 0 Å². The van der Waals surface area contributed by atoms with Gasteiger partial charge in [-0.05, 0) is 0 Å². The molecule has 0 aliphatic carbocycles. The Morgan fingerprint density at radius 3 is 2.33 bits per heavy atom. The van der Waals surface area contributed by atoms with Gasteiger partial charge in [0.15, 0.2) is 0 Å². The molecule has 0 aromatic carbocycles. The Balaban J connectivity index is 3.14. The molecule has 0 bridgehead atoms. The number of hydrogen-bond donors (Lipinski definition) is 0. The summed E-state index contributed by atoms with van der Waals surface area (Å²) in [5.41, 5.74) is 0. The van der Waals surface area contributed by atoms with Crippen LogP contribution in [0, 0.1) is 0 Å². The van der Waals surface area contributed by atoms with Crippen LogP contribution in [0.2, 0.25) is 0 Å². The summed E-state index contributed by atoms with van der Waals surface area (Å²) in [7, 11) is 9.63. The summed E-state index contributed by atoms with van der Waals surface area (Å²) < 4.78 is 0. The Hall–Kier alpha value is 0.170. The zero-order chi connectivity index (χ0) is 4.99. The second-order valence-electron chi connectivity index (χ2n) is 0.985. The third-order valence-corrected chi connectivity index (χ3v) is 1.02. The van der Waals surface area contributed by atoms with Gasteiger partial charge in [0.25, 0.3) is 0 Å². The first kappa shape index (κ1) is 6.17. The Bertz CT molecular complexity index is 99.1. The van der Waals surface area contributed by atoms with E-state index in [9.17, 15) is 0 Å². The van der Waals surface area contributed by atoms with Gasteiger partial charge < -0.3 is 0 Å². The third kappa shape index (κ3) is 4.17. The van der Waals surface area contributed by atoms with Crippen LogP contribution in [0.3, 0.4) is 0 Å². The van der Waals surface area contributed by atoms with Crippen LogP contribution in [0.25, 0.3) is 0 Å². The second-order valence-corrected chi connectivity index (χ2v) is 2.38. The molecular weight excluding hydrogens is 88.6 g/mol. The van der Waals surface area contributed by atoms with E-state index in [2.05, 4.69) is 6.58 Å². The minimum absolute atomic E-state index is 0.719. The van der Waals surface area contributed by atoms with Gasteiger partial charge in [-0.2, -0.15) is 0 Å². The molecule has 0 N–H and O–H groups in total. The van der Waals surface area contributed by atoms with Crippen LogP contribution in [0.4, 0.5) is 0 Å². The molecule has 0 aliphatic rings. The molecule has 28 valence electrons. The zero-order valence-electron chi connectivity index (χ0n) is 3.59. The average molecular weight is 93.7 g/mol. The molecular formula is C3H5B2P. The molecule has 0 aromatic heterocycles. The zero-order valence-corrected chi connectivity index (χ0v) is 4.49. The van der Waals surface area contributed by atoms with Crippen molar-refractivity contribution in [3.8, 4) is 0 Å². The quantitative estimate of drug-likeness (QED) is 0.256. The first-order valence-corrected chi connectivity index (χ1v) is 3.31. The van der Waals surface area contributed by atoms with Gasteiger partial charge in [0.05, 0.1) is 0 Å². The summed E-state index contributed by atoms with van der Waals surface area (Å²) in [4.78, 5) is 0. The van der Waals surface area contributed by atoms with E-state index in [-0.39, 0.29) is 0 Å². The van der Waals surface area contributed by atoms with E-state index in [0.717, 1.165) is 6.16 Å². The van der Waals surface area contributed by atoms with E-state index in [1.54, 1.807) is 6.08 Å². The van der Waals surface area contributed by atoms with Crippen LogP contribution in [0.1, 0.15) is 0 Å². The van der Waals surface area contributed by atoms with Gasteiger partial charge in [-0.3, -0.25) is 0 Å². The van der Waals surface area contributed by atoms with Gasteiger partial charge in [0, 0.05) is 0 Å². The Kier molecular flexibility index (Phi) is 3.46. The molecule has 0 aliphatic heterocycles. The standard InChI is InChI=1S/C3H5B2P/c1-2-3-6(4)5/h2H,1,3H2. The topological polar surface area (TPSA) is 0 Å².